The molecule has 0 aromatic carbocycles. The molecule has 0 atom stereocenters. The van der Waals surface area contributed by atoms with E-state index in [0.29, 0.717) is 0 Å². The number of carboxylic acid groups (broad SMARTS) is 1. The van der Waals surface area contributed by atoms with Crippen LogP contribution in [0.2, 0.25) is 0 Å². The van der Waals surface area contributed by atoms with Crippen molar-refractivity contribution in [3.8, 4) is 0 Å². The third kappa shape index (κ3) is 4.14. The first-order valence-corrected chi connectivity index (χ1v) is 4.84. The van der Waals surface area contributed by atoms with Gasteiger partial charge in [0, 0.05) is 20.6 Å². The molecular weight excluding hydrogens is 184 g/mol. The maximum Gasteiger partial charge on any atom is 0.404 e. The van der Waals surface area contributed by atoms with Gasteiger partial charge in [-0.3, -0.25) is 0 Å². The second-order valence-corrected chi connectivity index (χ2v) is 4.63. The highest BCUT2D eigenvalue weighted by Gasteiger charge is 2.12. The average molecular weight is 196 g/mol. The minimum Gasteiger partial charge on any atom is -0.465 e. The summed E-state index contributed by atoms with van der Waals surface area (Å²) in [5.41, 5.74) is 0. The summed E-state index contributed by atoms with van der Waals surface area (Å²) >= 11 is 0. The molecule has 0 aromatic rings. The smallest absolute Gasteiger partial charge is 0.404 e. The van der Waals surface area contributed by atoms with Crippen LogP contribution in [0.3, 0.4) is 0 Å². The molecule has 0 saturated carbocycles. The fraction of sp³-hybridized carbons (Fsp3) is 0.800. The molecule has 2 N–H and O–H groups in total. The van der Waals surface area contributed by atoms with E-state index in [4.69, 9.17) is 5.11 Å². The Labute approximate surface area is 71.2 Å². The summed E-state index contributed by atoms with van der Waals surface area (Å²) in [6.45, 7) is -0.0875. The van der Waals surface area contributed by atoms with Crippen LogP contribution in [0.4, 0.5) is 4.79 Å². The third-order valence-electron chi connectivity index (χ3n) is 1.19. The van der Waals surface area contributed by atoms with Gasteiger partial charge in [0.05, 0.1) is 5.75 Å². The first kappa shape index (κ1) is 11.2. The van der Waals surface area contributed by atoms with E-state index in [1.54, 1.807) is 0 Å². The van der Waals surface area contributed by atoms with Gasteiger partial charge in [-0.05, 0) is 0 Å². The van der Waals surface area contributed by atoms with E-state index in [9.17, 15) is 13.2 Å². The van der Waals surface area contributed by atoms with Crippen molar-refractivity contribution in [1.29, 1.82) is 0 Å². The van der Waals surface area contributed by atoms with Gasteiger partial charge >= 0.3 is 6.09 Å². The normalized spacial score (nSPS) is 11.6. The Kier molecular flexibility index (Phi) is 3.98. The van der Waals surface area contributed by atoms with Gasteiger partial charge in [-0.25, -0.2) is 17.5 Å². The molecule has 0 aliphatic rings. The molecule has 6 nitrogen and oxygen atoms in total. The molecule has 1 amide bonds. The maximum atomic E-state index is 11.0. The number of carbonyl (C=O) groups is 1. The molecule has 0 rings (SSSR count). The van der Waals surface area contributed by atoms with E-state index >= 15 is 0 Å². The highest BCUT2D eigenvalue weighted by Crippen LogP contribution is 1.91. The molecule has 0 saturated heterocycles. The molecule has 0 fully saturated rings. The predicted molar refractivity (Wildman–Crippen MR) is 43.5 cm³/mol. The second-order valence-electron chi connectivity index (χ2n) is 2.33. The largest absolute Gasteiger partial charge is 0.465 e. The Morgan fingerprint density at radius 2 is 2.00 bits per heavy atom. The molecule has 0 aliphatic carbocycles. The molecule has 0 heterocycles. The second kappa shape index (κ2) is 4.27. The van der Waals surface area contributed by atoms with Gasteiger partial charge in [-0.1, -0.05) is 0 Å². The summed E-state index contributed by atoms with van der Waals surface area (Å²) in [5, 5.41) is 10.1. The zero-order valence-corrected chi connectivity index (χ0v) is 7.76. The number of hydrogen-bond donors (Lipinski definition) is 2. The van der Waals surface area contributed by atoms with Crippen LogP contribution in [-0.2, 0) is 10.0 Å². The highest BCUT2D eigenvalue weighted by molar-refractivity contribution is 7.89. The van der Waals surface area contributed by atoms with Crippen molar-refractivity contribution in [2.45, 2.75) is 0 Å². The van der Waals surface area contributed by atoms with Crippen LogP contribution >= 0.6 is 0 Å². The minimum absolute atomic E-state index is 0.0875. The Bertz CT molecular complexity index is 246. The average Bonchev–Trinajstić information content (AvgIpc) is 1.85. The molecule has 0 aromatic heterocycles. The molecule has 0 spiro atoms. The van der Waals surface area contributed by atoms with E-state index in [1.807, 2.05) is 5.32 Å². The third-order valence-corrected chi connectivity index (χ3v) is 3.03. The van der Waals surface area contributed by atoms with Crippen molar-refractivity contribution in [3.05, 3.63) is 0 Å². The highest BCUT2D eigenvalue weighted by atomic mass is 32.2. The summed E-state index contributed by atoms with van der Waals surface area (Å²) < 4.78 is 23.1. The summed E-state index contributed by atoms with van der Waals surface area (Å²) in [4.78, 5) is 9.94. The zero-order chi connectivity index (χ0) is 9.78. The van der Waals surface area contributed by atoms with Crippen molar-refractivity contribution >= 4 is 16.1 Å². The van der Waals surface area contributed by atoms with E-state index in [1.165, 1.54) is 14.1 Å². The molecular formula is C5H12N2O4S. The van der Waals surface area contributed by atoms with E-state index in [0.717, 1.165) is 4.31 Å². The molecule has 72 valence electrons. The lowest BCUT2D eigenvalue weighted by molar-refractivity contribution is 0.195. The van der Waals surface area contributed by atoms with Crippen LogP contribution in [0.5, 0.6) is 0 Å². The topological polar surface area (TPSA) is 86.7 Å². The van der Waals surface area contributed by atoms with Gasteiger partial charge in [-0.2, -0.15) is 0 Å². The van der Waals surface area contributed by atoms with E-state index < -0.39 is 16.1 Å². The van der Waals surface area contributed by atoms with Crippen LogP contribution in [0.15, 0.2) is 0 Å². The summed E-state index contributed by atoms with van der Waals surface area (Å²) in [6, 6.07) is 0. The number of hydrogen-bond acceptors (Lipinski definition) is 3. The lowest BCUT2D eigenvalue weighted by atomic mass is 10.7. The van der Waals surface area contributed by atoms with Crippen molar-refractivity contribution in [3.63, 3.8) is 0 Å². The van der Waals surface area contributed by atoms with Gasteiger partial charge < -0.3 is 10.4 Å². The van der Waals surface area contributed by atoms with Crippen LogP contribution in [0, 0.1) is 0 Å². The van der Waals surface area contributed by atoms with Crippen molar-refractivity contribution in [1.82, 2.24) is 9.62 Å². The van der Waals surface area contributed by atoms with Gasteiger partial charge in [0.15, 0.2) is 0 Å². The number of amides is 1. The standard InChI is InChI=1S/C5H12N2O4S/c1-7(2)12(10,11)4-3-6-5(8)9/h6H,3-4H2,1-2H3,(H,8,9). The number of sulfonamides is 1. The fourth-order valence-corrected chi connectivity index (χ4v) is 1.19. The van der Waals surface area contributed by atoms with Gasteiger partial charge in [-0.15, -0.1) is 0 Å². The summed E-state index contributed by atoms with van der Waals surface area (Å²) in [5.74, 6) is -0.216. The van der Waals surface area contributed by atoms with Gasteiger partial charge in [0.25, 0.3) is 0 Å². The van der Waals surface area contributed by atoms with Crippen LogP contribution < -0.4 is 5.32 Å². The van der Waals surface area contributed by atoms with Crippen molar-refractivity contribution in [2.75, 3.05) is 26.4 Å². The van der Waals surface area contributed by atoms with Crippen LogP contribution in [-0.4, -0.2) is 50.3 Å². The Balaban J connectivity index is 3.86. The first-order valence-electron chi connectivity index (χ1n) is 3.23. The summed E-state index contributed by atoms with van der Waals surface area (Å²) in [6.07, 6.45) is -1.22. The Hall–Kier alpha value is -0.820. The lowest BCUT2D eigenvalue weighted by Gasteiger charge is -2.10. The number of nitrogens with zero attached hydrogens (tertiary/aromatic N) is 1. The van der Waals surface area contributed by atoms with Gasteiger partial charge in [0.1, 0.15) is 0 Å². The Morgan fingerprint density at radius 1 is 1.50 bits per heavy atom. The van der Waals surface area contributed by atoms with Gasteiger partial charge in [0.2, 0.25) is 10.0 Å². The molecule has 0 radical (unpaired) electrons. The van der Waals surface area contributed by atoms with Crippen LogP contribution in [0.1, 0.15) is 0 Å². The maximum absolute atomic E-state index is 11.0. The SMILES string of the molecule is CN(C)S(=O)(=O)CCNC(=O)O. The molecule has 7 heteroatoms. The number of nitrogens with one attached hydrogen (secondary N) is 1. The lowest BCUT2D eigenvalue weighted by Crippen LogP contribution is -2.33. The monoisotopic (exact) mass is 196 g/mol. The summed E-state index contributed by atoms with van der Waals surface area (Å²) in [7, 11) is -0.489. The quantitative estimate of drug-likeness (QED) is 0.613. The first-order chi connectivity index (χ1) is 5.36. The van der Waals surface area contributed by atoms with Crippen molar-refractivity contribution in [2.24, 2.45) is 0 Å². The van der Waals surface area contributed by atoms with E-state index in [-0.39, 0.29) is 12.3 Å². The fourth-order valence-electron chi connectivity index (χ4n) is 0.470. The minimum atomic E-state index is -3.29. The molecule has 0 bridgehead atoms. The number of rotatable bonds is 4. The zero-order valence-electron chi connectivity index (χ0n) is 6.94. The van der Waals surface area contributed by atoms with Crippen LogP contribution in [0.25, 0.3) is 0 Å². The predicted octanol–water partition coefficient (Wildman–Crippen LogP) is -0.855. The molecule has 12 heavy (non-hydrogen) atoms. The molecule has 0 unspecified atom stereocenters. The Morgan fingerprint density at radius 3 is 2.33 bits per heavy atom. The molecule has 0 aliphatic heterocycles. The van der Waals surface area contributed by atoms with E-state index in [2.05, 4.69) is 0 Å². The van der Waals surface area contributed by atoms with Crippen molar-refractivity contribution < 1.29 is 18.3 Å².